The van der Waals surface area contributed by atoms with Crippen LogP contribution in [0.25, 0.3) is 91.8 Å². The lowest BCUT2D eigenvalue weighted by Crippen LogP contribution is -2.12. The van der Waals surface area contributed by atoms with E-state index < -0.39 is 0 Å². The minimum Gasteiger partial charge on any atom is -0.310 e. The minimum atomic E-state index is 1.08. The fraction of sp³-hybridized carbons (Fsp3) is 0. The molecule has 2 heterocycles. The van der Waals surface area contributed by atoms with E-state index >= 15 is 0 Å². The molecule has 0 fully saturated rings. The van der Waals surface area contributed by atoms with Crippen LogP contribution in [0, 0.1) is 0 Å². The molecule has 0 atom stereocenters. The number of para-hydroxylation sites is 2. The van der Waals surface area contributed by atoms with E-state index in [1.807, 2.05) is 11.3 Å². The molecule has 12 aromatic rings. The van der Waals surface area contributed by atoms with E-state index in [0.29, 0.717) is 0 Å². The SMILES string of the molecule is c1ccc(-c2ccc(-c3ccc4ccccc4c3)cc2N(c2ccc(-c3cccc4c3sc3ccccc34)cc2)c2cccc(-n3c4ccccc4c4ccccc43)c2)cc1. The van der Waals surface area contributed by atoms with Gasteiger partial charge in [0.1, 0.15) is 0 Å². The zero-order valence-corrected chi connectivity index (χ0v) is 34.1. The molecule has 12 rings (SSSR count). The van der Waals surface area contributed by atoms with Crippen molar-refractivity contribution < 1.29 is 0 Å². The Morgan fingerprint density at radius 1 is 0.344 bits per heavy atom. The van der Waals surface area contributed by atoms with Crippen molar-refractivity contribution in [1.82, 2.24) is 4.57 Å². The highest BCUT2D eigenvalue weighted by Gasteiger charge is 2.21. The maximum absolute atomic E-state index is 2.45. The van der Waals surface area contributed by atoms with Crippen molar-refractivity contribution in [3.63, 3.8) is 0 Å². The van der Waals surface area contributed by atoms with Gasteiger partial charge >= 0.3 is 0 Å². The van der Waals surface area contributed by atoms with Gasteiger partial charge in [0.15, 0.2) is 0 Å². The van der Waals surface area contributed by atoms with Gasteiger partial charge in [-0.1, -0.05) is 170 Å². The first-order valence-electron chi connectivity index (χ1n) is 20.8. The van der Waals surface area contributed by atoms with Crippen LogP contribution in [0.4, 0.5) is 17.1 Å². The smallest absolute Gasteiger partial charge is 0.0546 e. The van der Waals surface area contributed by atoms with Gasteiger partial charge in [-0.25, -0.2) is 0 Å². The highest BCUT2D eigenvalue weighted by atomic mass is 32.1. The van der Waals surface area contributed by atoms with Crippen LogP contribution in [0.5, 0.6) is 0 Å². The number of anilines is 3. The van der Waals surface area contributed by atoms with E-state index in [9.17, 15) is 0 Å². The van der Waals surface area contributed by atoms with Crippen molar-refractivity contribution in [3.8, 4) is 39.1 Å². The fourth-order valence-electron chi connectivity index (χ4n) is 9.29. The molecule has 0 radical (unpaired) electrons. The molecule has 0 aliphatic carbocycles. The van der Waals surface area contributed by atoms with Crippen LogP contribution in [0.2, 0.25) is 0 Å². The summed E-state index contributed by atoms with van der Waals surface area (Å²) in [7, 11) is 0. The second-order valence-electron chi connectivity index (χ2n) is 15.7. The topological polar surface area (TPSA) is 8.17 Å². The molecule has 286 valence electrons. The molecule has 0 aliphatic heterocycles. The lowest BCUT2D eigenvalue weighted by atomic mass is 9.95. The second-order valence-corrected chi connectivity index (χ2v) is 16.8. The molecule has 0 bridgehead atoms. The number of rotatable bonds is 7. The second kappa shape index (κ2) is 14.5. The number of hydrogen-bond donors (Lipinski definition) is 0. The van der Waals surface area contributed by atoms with Crippen molar-refractivity contribution in [2.45, 2.75) is 0 Å². The van der Waals surface area contributed by atoms with Gasteiger partial charge in [0, 0.05) is 53.6 Å². The van der Waals surface area contributed by atoms with Crippen LogP contribution in [0.15, 0.2) is 231 Å². The minimum absolute atomic E-state index is 1.08. The van der Waals surface area contributed by atoms with Gasteiger partial charge in [-0.3, -0.25) is 0 Å². The quantitative estimate of drug-likeness (QED) is 0.156. The third-order valence-electron chi connectivity index (χ3n) is 12.2. The van der Waals surface area contributed by atoms with E-state index in [1.165, 1.54) is 75.0 Å². The molecule has 3 heteroatoms. The summed E-state index contributed by atoms with van der Waals surface area (Å²) in [5.74, 6) is 0. The summed E-state index contributed by atoms with van der Waals surface area (Å²) in [6, 6.07) is 84.3. The standard InChI is InChI=1S/C58H38N2S/c1-2-15-40(16-3-1)48-35-32-44(43-29-28-39-14-4-5-17-42(39)36-43)37-56(48)59(45-33-30-41(31-34-45)49-23-13-24-53-52-22-8-11-27-57(52)61-58(49)53)46-18-12-19-47(38-46)60-54-25-9-6-20-50(54)51-21-7-10-26-55(51)60/h1-38H. The fourth-order valence-corrected chi connectivity index (χ4v) is 10.5. The molecule has 2 aromatic heterocycles. The molecule has 0 saturated carbocycles. The van der Waals surface area contributed by atoms with Gasteiger partial charge in [-0.2, -0.15) is 0 Å². The monoisotopic (exact) mass is 794 g/mol. The van der Waals surface area contributed by atoms with Crippen LogP contribution in [-0.4, -0.2) is 4.57 Å². The molecule has 10 aromatic carbocycles. The van der Waals surface area contributed by atoms with Gasteiger partial charge < -0.3 is 9.47 Å². The number of hydrogen-bond acceptors (Lipinski definition) is 2. The molecule has 0 aliphatic rings. The Kier molecular flexibility index (Phi) is 8.39. The zero-order chi connectivity index (χ0) is 40.3. The van der Waals surface area contributed by atoms with Crippen LogP contribution in [0.3, 0.4) is 0 Å². The summed E-state index contributed by atoms with van der Waals surface area (Å²) in [4.78, 5) is 2.45. The average Bonchev–Trinajstić information content (AvgIpc) is 3.88. The van der Waals surface area contributed by atoms with Crippen molar-refractivity contribution in [1.29, 1.82) is 0 Å². The maximum atomic E-state index is 2.45. The number of aromatic nitrogens is 1. The Labute approximate surface area is 358 Å². The summed E-state index contributed by atoms with van der Waals surface area (Å²) in [5, 5.41) is 7.59. The Morgan fingerprint density at radius 3 is 1.75 bits per heavy atom. The van der Waals surface area contributed by atoms with E-state index in [1.54, 1.807) is 0 Å². The number of thiophene rings is 1. The molecule has 0 saturated heterocycles. The lowest BCUT2D eigenvalue weighted by Gasteiger charge is -2.29. The summed E-state index contributed by atoms with van der Waals surface area (Å²) in [6.07, 6.45) is 0. The highest BCUT2D eigenvalue weighted by molar-refractivity contribution is 7.26. The third-order valence-corrected chi connectivity index (χ3v) is 13.4. The molecular formula is C58H38N2S. The molecular weight excluding hydrogens is 757 g/mol. The Morgan fingerprint density at radius 2 is 0.951 bits per heavy atom. The predicted molar refractivity (Wildman–Crippen MR) is 262 cm³/mol. The Hall–Kier alpha value is -7.72. The molecule has 61 heavy (non-hydrogen) atoms. The van der Waals surface area contributed by atoms with E-state index in [2.05, 4.69) is 240 Å². The third kappa shape index (κ3) is 6.01. The van der Waals surface area contributed by atoms with Gasteiger partial charge in [0.25, 0.3) is 0 Å². The summed E-state index contributed by atoms with van der Waals surface area (Å²) < 4.78 is 5.04. The molecule has 0 unspecified atom stereocenters. The summed E-state index contributed by atoms with van der Waals surface area (Å²) >= 11 is 1.88. The van der Waals surface area contributed by atoms with Gasteiger partial charge in [0.2, 0.25) is 0 Å². The molecule has 0 spiro atoms. The van der Waals surface area contributed by atoms with E-state index in [4.69, 9.17) is 0 Å². The van der Waals surface area contributed by atoms with Crippen molar-refractivity contribution in [2.75, 3.05) is 4.90 Å². The van der Waals surface area contributed by atoms with Crippen LogP contribution in [0.1, 0.15) is 0 Å². The summed E-state index contributed by atoms with van der Waals surface area (Å²) in [6.45, 7) is 0. The van der Waals surface area contributed by atoms with Crippen molar-refractivity contribution in [2.24, 2.45) is 0 Å². The first kappa shape index (κ1) is 35.2. The first-order valence-corrected chi connectivity index (χ1v) is 21.6. The van der Waals surface area contributed by atoms with Crippen LogP contribution < -0.4 is 4.90 Å². The lowest BCUT2D eigenvalue weighted by molar-refractivity contribution is 1.17. The number of nitrogens with zero attached hydrogens (tertiary/aromatic N) is 2. The van der Waals surface area contributed by atoms with Gasteiger partial charge in [0.05, 0.1) is 16.7 Å². The van der Waals surface area contributed by atoms with Crippen LogP contribution in [-0.2, 0) is 0 Å². The molecule has 2 nitrogen and oxygen atoms in total. The normalized spacial score (nSPS) is 11.6. The number of fused-ring (bicyclic) bond motifs is 7. The Balaban J connectivity index is 1.08. The van der Waals surface area contributed by atoms with E-state index in [-0.39, 0.29) is 0 Å². The number of benzene rings is 10. The average molecular weight is 795 g/mol. The summed E-state index contributed by atoms with van der Waals surface area (Å²) in [5.41, 5.74) is 13.9. The molecule has 0 N–H and O–H groups in total. The first-order chi connectivity index (χ1) is 30.2. The van der Waals surface area contributed by atoms with Gasteiger partial charge in [-0.15, -0.1) is 11.3 Å². The van der Waals surface area contributed by atoms with Crippen molar-refractivity contribution in [3.05, 3.63) is 231 Å². The predicted octanol–water partition coefficient (Wildman–Crippen LogP) is 16.8. The van der Waals surface area contributed by atoms with Crippen molar-refractivity contribution >= 4 is 81.1 Å². The maximum Gasteiger partial charge on any atom is 0.0546 e. The zero-order valence-electron chi connectivity index (χ0n) is 33.2. The Bertz CT molecular complexity index is 3540. The van der Waals surface area contributed by atoms with Gasteiger partial charge in [-0.05, 0) is 99.3 Å². The molecule has 0 amide bonds. The highest BCUT2D eigenvalue weighted by Crippen LogP contribution is 2.46. The largest absolute Gasteiger partial charge is 0.310 e. The van der Waals surface area contributed by atoms with Crippen LogP contribution >= 0.6 is 11.3 Å². The van der Waals surface area contributed by atoms with E-state index in [0.717, 1.165) is 33.9 Å².